The number of thiocarbonyl (C=S) groups is 1. The highest BCUT2D eigenvalue weighted by molar-refractivity contribution is 7.80. The van der Waals surface area contributed by atoms with Crippen LogP contribution in [-0.2, 0) is 0 Å². The fourth-order valence-electron chi connectivity index (χ4n) is 5.30. The van der Waals surface area contributed by atoms with Gasteiger partial charge in [0.1, 0.15) is 11.5 Å². The standard InChI is InChI=1S/C29H32N4O2S/c1-18-17-29(2,3)32(4)23-12-10-19(15-21(18)23)27-26(22-9-7-8-14-30-22)31-28(36)33(27)24-16-20(34-5)11-13-25(24)35-6/h7-17,26-27H,1-6H3,(H,31,36). The first-order valence-corrected chi connectivity index (χ1v) is 12.5. The third-order valence-electron chi connectivity index (χ3n) is 7.33. The average Bonchev–Trinajstić information content (AvgIpc) is 3.23. The molecule has 1 fully saturated rings. The van der Waals surface area contributed by atoms with Crippen LogP contribution < -0.4 is 24.6 Å². The number of anilines is 2. The van der Waals surface area contributed by atoms with Crippen molar-refractivity contribution in [2.45, 2.75) is 38.4 Å². The molecule has 1 saturated heterocycles. The van der Waals surface area contributed by atoms with Gasteiger partial charge in [-0.15, -0.1) is 0 Å². The number of pyridine rings is 1. The second-order valence-electron chi connectivity index (χ2n) is 9.85. The van der Waals surface area contributed by atoms with Crippen LogP contribution in [0.2, 0.25) is 0 Å². The molecule has 2 aromatic carbocycles. The first-order valence-electron chi connectivity index (χ1n) is 12.1. The number of allylic oxidation sites excluding steroid dienone is 1. The molecule has 3 heterocycles. The van der Waals surface area contributed by atoms with E-state index in [1.807, 2.05) is 42.6 Å². The second-order valence-corrected chi connectivity index (χ2v) is 10.2. The Balaban J connectivity index is 1.69. The summed E-state index contributed by atoms with van der Waals surface area (Å²) in [5.41, 5.74) is 6.58. The number of benzene rings is 2. The summed E-state index contributed by atoms with van der Waals surface area (Å²) in [5.74, 6) is 1.46. The lowest BCUT2D eigenvalue weighted by Crippen LogP contribution is -2.42. The van der Waals surface area contributed by atoms with Crippen LogP contribution in [0.15, 0.2) is 66.9 Å². The summed E-state index contributed by atoms with van der Waals surface area (Å²) < 4.78 is 11.3. The number of aromatic nitrogens is 1. The molecule has 1 N–H and O–H groups in total. The van der Waals surface area contributed by atoms with Gasteiger partial charge in [-0.2, -0.15) is 0 Å². The Morgan fingerprint density at radius 3 is 2.50 bits per heavy atom. The van der Waals surface area contributed by atoms with Crippen LogP contribution in [-0.4, -0.2) is 36.9 Å². The largest absolute Gasteiger partial charge is 0.497 e. The van der Waals surface area contributed by atoms with Crippen LogP contribution in [0, 0.1) is 0 Å². The molecule has 36 heavy (non-hydrogen) atoms. The normalized spacial score (nSPS) is 20.5. The quantitative estimate of drug-likeness (QED) is 0.437. The maximum absolute atomic E-state index is 5.93. The molecule has 0 aliphatic carbocycles. The van der Waals surface area contributed by atoms with E-state index in [1.54, 1.807) is 14.2 Å². The van der Waals surface area contributed by atoms with Crippen molar-refractivity contribution in [3.8, 4) is 11.5 Å². The third-order valence-corrected chi connectivity index (χ3v) is 7.64. The van der Waals surface area contributed by atoms with Gasteiger partial charge in [0.05, 0.1) is 43.2 Å². The topological polar surface area (TPSA) is 49.9 Å². The number of fused-ring (bicyclic) bond motifs is 1. The molecule has 2 aliphatic rings. The lowest BCUT2D eigenvalue weighted by atomic mass is 9.86. The van der Waals surface area contributed by atoms with E-state index >= 15 is 0 Å². The number of hydrogen-bond acceptors (Lipinski definition) is 5. The summed E-state index contributed by atoms with van der Waals surface area (Å²) in [4.78, 5) is 9.15. The minimum absolute atomic E-state index is 0.0500. The monoisotopic (exact) mass is 500 g/mol. The molecule has 0 bridgehead atoms. The van der Waals surface area contributed by atoms with Crippen molar-refractivity contribution in [2.75, 3.05) is 31.1 Å². The smallest absolute Gasteiger partial charge is 0.174 e. The molecule has 2 unspecified atom stereocenters. The SMILES string of the molecule is COc1ccc(OC)c(N2C(=S)NC(c3ccccn3)C2c2ccc3c(c2)C(C)=CC(C)(C)N3C)c1. The Kier molecular flexibility index (Phi) is 6.12. The molecule has 7 heteroatoms. The van der Waals surface area contributed by atoms with E-state index < -0.39 is 0 Å². The Labute approximate surface area is 218 Å². The van der Waals surface area contributed by atoms with Gasteiger partial charge in [0.25, 0.3) is 0 Å². The van der Waals surface area contributed by atoms with E-state index in [0.717, 1.165) is 28.4 Å². The number of hydrogen-bond donors (Lipinski definition) is 1. The number of likely N-dealkylation sites (N-methyl/N-ethyl adjacent to an activating group) is 1. The van der Waals surface area contributed by atoms with Gasteiger partial charge in [-0.25, -0.2) is 0 Å². The van der Waals surface area contributed by atoms with Crippen LogP contribution in [0.5, 0.6) is 11.5 Å². The Hall–Kier alpha value is -3.58. The average molecular weight is 501 g/mol. The van der Waals surface area contributed by atoms with Crippen molar-refractivity contribution < 1.29 is 9.47 Å². The predicted octanol–water partition coefficient (Wildman–Crippen LogP) is 5.91. The molecule has 0 saturated carbocycles. The van der Waals surface area contributed by atoms with Crippen LogP contribution in [0.1, 0.15) is 49.7 Å². The van der Waals surface area contributed by atoms with E-state index in [0.29, 0.717) is 5.11 Å². The Bertz CT molecular complexity index is 1340. The number of ether oxygens (including phenoxy) is 2. The number of nitrogens with zero attached hydrogens (tertiary/aromatic N) is 3. The zero-order valence-electron chi connectivity index (χ0n) is 21.6. The molecule has 2 aliphatic heterocycles. The van der Waals surface area contributed by atoms with E-state index in [1.165, 1.54) is 16.8 Å². The number of rotatable bonds is 5. The minimum Gasteiger partial charge on any atom is -0.497 e. The molecule has 186 valence electrons. The molecule has 6 nitrogen and oxygen atoms in total. The molecular weight excluding hydrogens is 468 g/mol. The minimum atomic E-state index is -0.147. The van der Waals surface area contributed by atoms with Gasteiger partial charge in [-0.05, 0) is 80.5 Å². The highest BCUT2D eigenvalue weighted by Crippen LogP contribution is 2.47. The van der Waals surface area contributed by atoms with Gasteiger partial charge in [0.2, 0.25) is 0 Å². The third kappa shape index (κ3) is 3.97. The van der Waals surface area contributed by atoms with Gasteiger partial charge in [0, 0.05) is 30.6 Å². The molecule has 0 amide bonds. The molecule has 1 aromatic heterocycles. The molecule has 0 radical (unpaired) electrons. The highest BCUT2D eigenvalue weighted by atomic mass is 32.1. The van der Waals surface area contributed by atoms with Gasteiger partial charge in [-0.3, -0.25) is 4.98 Å². The summed E-state index contributed by atoms with van der Waals surface area (Å²) in [7, 11) is 5.49. The molecule has 5 rings (SSSR count). The van der Waals surface area contributed by atoms with Crippen molar-refractivity contribution in [3.63, 3.8) is 0 Å². The Morgan fingerprint density at radius 1 is 1.00 bits per heavy atom. The molecule has 0 spiro atoms. The van der Waals surface area contributed by atoms with Gasteiger partial charge in [-0.1, -0.05) is 18.2 Å². The summed E-state index contributed by atoms with van der Waals surface area (Å²) in [6.45, 7) is 6.66. The van der Waals surface area contributed by atoms with Crippen LogP contribution in [0.4, 0.5) is 11.4 Å². The van der Waals surface area contributed by atoms with Crippen molar-refractivity contribution >= 4 is 34.3 Å². The van der Waals surface area contributed by atoms with E-state index in [-0.39, 0.29) is 17.6 Å². The highest BCUT2D eigenvalue weighted by Gasteiger charge is 2.42. The molecule has 3 aromatic rings. The van der Waals surface area contributed by atoms with Crippen molar-refractivity contribution in [1.82, 2.24) is 10.3 Å². The van der Waals surface area contributed by atoms with Crippen LogP contribution in [0.3, 0.4) is 0 Å². The summed E-state index contributed by atoms with van der Waals surface area (Å²) in [6.07, 6.45) is 4.15. The molecule has 2 atom stereocenters. The van der Waals surface area contributed by atoms with E-state index in [9.17, 15) is 0 Å². The maximum Gasteiger partial charge on any atom is 0.174 e. The predicted molar refractivity (Wildman–Crippen MR) is 150 cm³/mol. The summed E-state index contributed by atoms with van der Waals surface area (Å²) >= 11 is 5.93. The van der Waals surface area contributed by atoms with Crippen molar-refractivity contribution in [2.24, 2.45) is 0 Å². The zero-order valence-corrected chi connectivity index (χ0v) is 22.4. The van der Waals surface area contributed by atoms with Gasteiger partial charge < -0.3 is 24.6 Å². The van der Waals surface area contributed by atoms with E-state index in [4.69, 9.17) is 21.7 Å². The number of methoxy groups -OCH3 is 2. The maximum atomic E-state index is 5.93. The second kappa shape index (κ2) is 9.13. The van der Waals surface area contributed by atoms with Gasteiger partial charge in [0.15, 0.2) is 5.11 Å². The first-order chi connectivity index (χ1) is 17.2. The summed E-state index contributed by atoms with van der Waals surface area (Å²) in [5, 5.41) is 4.16. The first kappa shape index (κ1) is 24.1. The lowest BCUT2D eigenvalue weighted by molar-refractivity contribution is 0.403. The van der Waals surface area contributed by atoms with Crippen LogP contribution in [0.25, 0.3) is 5.57 Å². The molecular formula is C29H32N4O2S. The fourth-order valence-corrected chi connectivity index (χ4v) is 5.64. The Morgan fingerprint density at radius 2 is 1.81 bits per heavy atom. The fraction of sp³-hybridized carbons (Fsp3) is 0.310. The van der Waals surface area contributed by atoms with E-state index in [2.05, 4.69) is 72.2 Å². The van der Waals surface area contributed by atoms with Crippen molar-refractivity contribution in [3.05, 3.63) is 83.7 Å². The van der Waals surface area contributed by atoms with Crippen LogP contribution >= 0.6 is 12.2 Å². The number of nitrogens with one attached hydrogen (secondary N) is 1. The van der Waals surface area contributed by atoms with Gasteiger partial charge >= 0.3 is 0 Å². The lowest BCUT2D eigenvalue weighted by Gasteiger charge is -2.41. The van der Waals surface area contributed by atoms with Crippen molar-refractivity contribution in [1.29, 1.82) is 0 Å². The zero-order chi connectivity index (χ0) is 25.6. The summed E-state index contributed by atoms with van der Waals surface area (Å²) in [6, 6.07) is 18.2.